The van der Waals surface area contributed by atoms with Crippen LogP contribution in [0.1, 0.15) is 24.8 Å². The van der Waals surface area contributed by atoms with E-state index in [2.05, 4.69) is 23.4 Å². The van der Waals surface area contributed by atoms with E-state index in [-0.39, 0.29) is 5.91 Å². The van der Waals surface area contributed by atoms with Gasteiger partial charge in [-0.3, -0.25) is 4.79 Å². The van der Waals surface area contributed by atoms with Crippen LogP contribution in [0.5, 0.6) is 0 Å². The van der Waals surface area contributed by atoms with Crippen molar-refractivity contribution < 1.29 is 4.79 Å². The van der Waals surface area contributed by atoms with Gasteiger partial charge in [-0.25, -0.2) is 0 Å². The van der Waals surface area contributed by atoms with Crippen LogP contribution in [0.2, 0.25) is 0 Å². The predicted molar refractivity (Wildman–Crippen MR) is 69.5 cm³/mol. The molecule has 1 aromatic carbocycles. The highest BCUT2D eigenvalue weighted by molar-refractivity contribution is 5.91. The van der Waals surface area contributed by atoms with Crippen molar-refractivity contribution in [2.24, 2.45) is 5.92 Å². The van der Waals surface area contributed by atoms with Crippen molar-refractivity contribution in [3.8, 4) is 12.3 Å². The summed E-state index contributed by atoms with van der Waals surface area (Å²) in [6.07, 6.45) is 12.3. The van der Waals surface area contributed by atoms with E-state index >= 15 is 0 Å². The molecule has 1 aromatic rings. The molecule has 0 aliphatic heterocycles. The van der Waals surface area contributed by atoms with Crippen LogP contribution in [0.3, 0.4) is 0 Å². The summed E-state index contributed by atoms with van der Waals surface area (Å²) in [4.78, 5) is 11.8. The largest absolute Gasteiger partial charge is 0.326 e. The van der Waals surface area contributed by atoms with Crippen LogP contribution in [-0.2, 0) is 4.79 Å². The zero-order chi connectivity index (χ0) is 12.1. The second-order valence-electron chi connectivity index (χ2n) is 4.24. The van der Waals surface area contributed by atoms with E-state index in [4.69, 9.17) is 6.42 Å². The first kappa shape index (κ1) is 11.5. The molecule has 1 aliphatic carbocycles. The molecule has 0 radical (unpaired) electrons. The van der Waals surface area contributed by atoms with Gasteiger partial charge in [0.15, 0.2) is 0 Å². The van der Waals surface area contributed by atoms with Crippen LogP contribution in [-0.4, -0.2) is 5.91 Å². The molecular weight excluding hydrogens is 210 g/mol. The second kappa shape index (κ2) is 5.36. The number of anilines is 1. The maximum absolute atomic E-state index is 11.8. The molecular formula is C15H15NO. The smallest absolute Gasteiger partial charge is 0.224 e. The van der Waals surface area contributed by atoms with E-state index in [1.54, 1.807) is 0 Å². The van der Waals surface area contributed by atoms with Gasteiger partial charge in [0.2, 0.25) is 5.91 Å². The van der Waals surface area contributed by atoms with E-state index in [1.807, 2.05) is 24.3 Å². The minimum atomic E-state index is 0.0516. The van der Waals surface area contributed by atoms with E-state index in [1.165, 1.54) is 0 Å². The van der Waals surface area contributed by atoms with Gasteiger partial charge in [-0.15, -0.1) is 6.42 Å². The van der Waals surface area contributed by atoms with Gasteiger partial charge in [-0.1, -0.05) is 24.1 Å². The molecule has 2 heteroatoms. The number of amides is 1. The van der Waals surface area contributed by atoms with Crippen LogP contribution >= 0.6 is 0 Å². The van der Waals surface area contributed by atoms with E-state index < -0.39 is 0 Å². The van der Waals surface area contributed by atoms with E-state index in [0.717, 1.165) is 24.1 Å². The molecule has 1 N–H and O–H groups in total. The number of carbonyl (C=O) groups excluding carboxylic acids is 1. The monoisotopic (exact) mass is 225 g/mol. The highest BCUT2D eigenvalue weighted by Crippen LogP contribution is 2.21. The second-order valence-corrected chi connectivity index (χ2v) is 4.24. The van der Waals surface area contributed by atoms with Gasteiger partial charge >= 0.3 is 0 Å². The summed E-state index contributed by atoms with van der Waals surface area (Å²) in [6, 6.07) is 7.35. The lowest BCUT2D eigenvalue weighted by Gasteiger charge is -2.08. The maximum Gasteiger partial charge on any atom is 0.224 e. The van der Waals surface area contributed by atoms with E-state index in [0.29, 0.717) is 12.3 Å². The molecule has 1 amide bonds. The summed E-state index contributed by atoms with van der Waals surface area (Å²) in [5, 5.41) is 2.88. The third kappa shape index (κ3) is 3.22. The maximum atomic E-state index is 11.8. The van der Waals surface area contributed by atoms with Crippen molar-refractivity contribution in [2.45, 2.75) is 19.3 Å². The van der Waals surface area contributed by atoms with Crippen molar-refractivity contribution in [3.63, 3.8) is 0 Å². The molecule has 0 saturated heterocycles. The number of hydrogen-bond acceptors (Lipinski definition) is 1. The summed E-state index contributed by atoms with van der Waals surface area (Å²) in [5.74, 6) is 3.00. The van der Waals surface area contributed by atoms with Crippen molar-refractivity contribution in [1.82, 2.24) is 0 Å². The number of carbonyl (C=O) groups is 1. The molecule has 0 spiro atoms. The minimum absolute atomic E-state index is 0.0516. The van der Waals surface area contributed by atoms with Gasteiger partial charge in [0.25, 0.3) is 0 Å². The Hall–Kier alpha value is -2.01. The molecule has 1 unspecified atom stereocenters. The zero-order valence-corrected chi connectivity index (χ0v) is 9.65. The molecule has 0 aromatic heterocycles. The molecule has 2 rings (SSSR count). The molecule has 17 heavy (non-hydrogen) atoms. The van der Waals surface area contributed by atoms with Crippen LogP contribution < -0.4 is 5.32 Å². The number of terminal acetylenes is 1. The van der Waals surface area contributed by atoms with Crippen LogP contribution in [0.4, 0.5) is 5.69 Å². The highest BCUT2D eigenvalue weighted by Gasteiger charge is 2.13. The number of rotatable bonds is 3. The summed E-state index contributed by atoms with van der Waals surface area (Å²) >= 11 is 0. The number of hydrogen-bond donors (Lipinski definition) is 1. The molecule has 0 heterocycles. The highest BCUT2D eigenvalue weighted by atomic mass is 16.1. The third-order valence-electron chi connectivity index (χ3n) is 2.87. The normalized spacial score (nSPS) is 17.7. The topological polar surface area (TPSA) is 29.1 Å². The van der Waals surface area contributed by atoms with Gasteiger partial charge in [0.1, 0.15) is 0 Å². The molecule has 86 valence electrons. The lowest BCUT2D eigenvalue weighted by Crippen LogP contribution is -2.14. The Labute approximate surface area is 102 Å². The van der Waals surface area contributed by atoms with Gasteiger partial charge < -0.3 is 5.32 Å². The summed E-state index contributed by atoms with van der Waals surface area (Å²) in [7, 11) is 0. The zero-order valence-electron chi connectivity index (χ0n) is 9.65. The van der Waals surface area contributed by atoms with Gasteiger partial charge in [-0.2, -0.15) is 0 Å². The summed E-state index contributed by atoms with van der Waals surface area (Å²) in [6.45, 7) is 0. The minimum Gasteiger partial charge on any atom is -0.326 e. The van der Waals surface area contributed by atoms with Gasteiger partial charge in [0, 0.05) is 17.7 Å². The Bertz CT molecular complexity index is 482. The average Bonchev–Trinajstić information content (AvgIpc) is 2.82. The number of allylic oxidation sites excluding steroid dienone is 2. The lowest BCUT2D eigenvalue weighted by molar-refractivity contribution is -0.116. The molecule has 1 aliphatic rings. The predicted octanol–water partition coefficient (Wildman–Crippen LogP) is 2.96. The Morgan fingerprint density at radius 2 is 2.41 bits per heavy atom. The first-order valence-electron chi connectivity index (χ1n) is 5.81. The van der Waals surface area contributed by atoms with Crippen molar-refractivity contribution >= 4 is 11.6 Å². The van der Waals surface area contributed by atoms with Crippen molar-refractivity contribution in [2.75, 3.05) is 5.32 Å². The van der Waals surface area contributed by atoms with Crippen LogP contribution in [0, 0.1) is 18.3 Å². The molecule has 0 saturated carbocycles. The molecule has 1 atom stereocenters. The summed E-state index contributed by atoms with van der Waals surface area (Å²) in [5.41, 5.74) is 1.55. The van der Waals surface area contributed by atoms with Crippen molar-refractivity contribution in [3.05, 3.63) is 42.0 Å². The van der Waals surface area contributed by atoms with Gasteiger partial charge in [0.05, 0.1) is 0 Å². The molecule has 2 nitrogen and oxygen atoms in total. The fourth-order valence-corrected chi connectivity index (χ4v) is 2.00. The van der Waals surface area contributed by atoms with E-state index in [9.17, 15) is 4.79 Å². The lowest BCUT2D eigenvalue weighted by atomic mass is 10.0. The SMILES string of the molecule is C#Cc1cccc(NC(=O)CC2C=CCC2)c1. The molecule has 0 fully saturated rings. The first-order valence-corrected chi connectivity index (χ1v) is 5.81. The third-order valence-corrected chi connectivity index (χ3v) is 2.87. The average molecular weight is 225 g/mol. The van der Waals surface area contributed by atoms with Gasteiger partial charge in [-0.05, 0) is 37.0 Å². The van der Waals surface area contributed by atoms with Crippen LogP contribution in [0.25, 0.3) is 0 Å². The first-order chi connectivity index (χ1) is 8.28. The van der Waals surface area contributed by atoms with Crippen molar-refractivity contribution in [1.29, 1.82) is 0 Å². The molecule has 0 bridgehead atoms. The fraction of sp³-hybridized carbons (Fsp3) is 0.267. The van der Waals surface area contributed by atoms with Crippen LogP contribution in [0.15, 0.2) is 36.4 Å². The fourth-order valence-electron chi connectivity index (χ4n) is 2.00. The number of nitrogens with one attached hydrogen (secondary N) is 1. The Morgan fingerprint density at radius 1 is 1.53 bits per heavy atom. The quantitative estimate of drug-likeness (QED) is 0.622. The summed E-state index contributed by atoms with van der Waals surface area (Å²) < 4.78 is 0. The standard InChI is InChI=1S/C15H15NO/c1-2-12-8-5-9-14(10-12)16-15(17)11-13-6-3-4-7-13/h1,3,5-6,8-10,13H,4,7,11H2,(H,16,17). The Balaban J connectivity index is 1.93. The Morgan fingerprint density at radius 3 is 3.12 bits per heavy atom. The number of benzene rings is 1. The Kier molecular flexibility index (Phi) is 3.62.